The Morgan fingerprint density at radius 3 is 2.86 bits per heavy atom. The highest BCUT2D eigenvalue weighted by Crippen LogP contribution is 2.11. The van der Waals surface area contributed by atoms with Crippen molar-refractivity contribution in [2.45, 2.75) is 19.3 Å². The first-order valence-corrected chi connectivity index (χ1v) is 6.05. The predicted octanol–water partition coefficient (Wildman–Crippen LogP) is 1.11. The van der Waals surface area contributed by atoms with Crippen LogP contribution in [0.25, 0.3) is 0 Å². The molecule has 84 valence electrons. The molecule has 1 amide bonds. The molecule has 3 nitrogen and oxygen atoms in total. The van der Waals surface area contributed by atoms with E-state index in [4.69, 9.17) is 5.73 Å². The van der Waals surface area contributed by atoms with Crippen LogP contribution in [0.4, 0.5) is 0 Å². The van der Waals surface area contributed by atoms with Crippen molar-refractivity contribution < 1.29 is 4.79 Å². The van der Waals surface area contributed by atoms with Crippen LogP contribution in [0.3, 0.4) is 0 Å². The molecule has 14 heavy (non-hydrogen) atoms. The maximum atomic E-state index is 11.6. The largest absolute Gasteiger partial charge is 0.342 e. The zero-order chi connectivity index (χ0) is 9.52. The lowest BCUT2D eigenvalue weighted by molar-refractivity contribution is -0.131. The van der Waals surface area contributed by atoms with E-state index >= 15 is 0 Å². The van der Waals surface area contributed by atoms with Gasteiger partial charge in [-0.1, -0.05) is 0 Å². The second-order valence-corrected chi connectivity index (χ2v) is 4.46. The van der Waals surface area contributed by atoms with Crippen molar-refractivity contribution in [2.75, 3.05) is 31.1 Å². The summed E-state index contributed by atoms with van der Waals surface area (Å²) in [6.07, 6.45) is 2.59. The maximum absolute atomic E-state index is 11.6. The Labute approximate surface area is 96.2 Å². The smallest absolute Gasteiger partial charge is 0.222 e. The SMILES string of the molecule is Cl.NCCCC(=O)N1CCCSCC1. The van der Waals surface area contributed by atoms with Crippen LogP contribution in [0.15, 0.2) is 0 Å². The number of nitrogens with two attached hydrogens (primary N) is 1. The van der Waals surface area contributed by atoms with Gasteiger partial charge >= 0.3 is 0 Å². The van der Waals surface area contributed by atoms with Gasteiger partial charge in [0.05, 0.1) is 0 Å². The van der Waals surface area contributed by atoms with Crippen LogP contribution in [-0.2, 0) is 4.79 Å². The fraction of sp³-hybridized carbons (Fsp3) is 0.889. The fourth-order valence-corrected chi connectivity index (χ4v) is 2.29. The predicted molar refractivity (Wildman–Crippen MR) is 64.1 cm³/mol. The third kappa shape index (κ3) is 5.08. The van der Waals surface area contributed by atoms with Gasteiger partial charge in [-0.15, -0.1) is 12.4 Å². The number of rotatable bonds is 3. The first-order valence-electron chi connectivity index (χ1n) is 4.90. The Balaban J connectivity index is 0.00000169. The van der Waals surface area contributed by atoms with Crippen molar-refractivity contribution in [1.29, 1.82) is 0 Å². The van der Waals surface area contributed by atoms with E-state index in [9.17, 15) is 4.79 Å². The fourth-order valence-electron chi connectivity index (χ4n) is 1.41. The van der Waals surface area contributed by atoms with E-state index in [1.165, 1.54) is 5.75 Å². The molecule has 0 unspecified atom stereocenters. The molecule has 1 aliphatic heterocycles. The first kappa shape index (κ1) is 14.1. The van der Waals surface area contributed by atoms with Crippen LogP contribution in [0.2, 0.25) is 0 Å². The Morgan fingerprint density at radius 2 is 2.14 bits per heavy atom. The minimum atomic E-state index is 0. The van der Waals surface area contributed by atoms with Gasteiger partial charge in [0.1, 0.15) is 0 Å². The average Bonchev–Trinajstić information content (AvgIpc) is 2.42. The number of hydrogen-bond acceptors (Lipinski definition) is 3. The average molecular weight is 239 g/mol. The Morgan fingerprint density at radius 1 is 1.36 bits per heavy atom. The molecule has 0 bridgehead atoms. The lowest BCUT2D eigenvalue weighted by Gasteiger charge is -2.19. The summed E-state index contributed by atoms with van der Waals surface area (Å²) in [6, 6.07) is 0. The number of amides is 1. The summed E-state index contributed by atoms with van der Waals surface area (Å²) in [6.45, 7) is 2.48. The van der Waals surface area contributed by atoms with Crippen molar-refractivity contribution in [2.24, 2.45) is 5.73 Å². The highest BCUT2D eigenvalue weighted by molar-refractivity contribution is 7.99. The number of halogens is 1. The topological polar surface area (TPSA) is 46.3 Å². The van der Waals surface area contributed by atoms with Crippen LogP contribution >= 0.6 is 24.2 Å². The van der Waals surface area contributed by atoms with Crippen molar-refractivity contribution >= 4 is 30.1 Å². The molecule has 0 spiro atoms. The summed E-state index contributed by atoms with van der Waals surface area (Å²) < 4.78 is 0. The molecule has 0 aromatic heterocycles. The first-order chi connectivity index (χ1) is 6.34. The molecule has 1 saturated heterocycles. The van der Waals surface area contributed by atoms with Crippen LogP contribution in [0, 0.1) is 0 Å². The Kier molecular flexibility index (Phi) is 8.43. The molecule has 0 saturated carbocycles. The molecule has 1 fully saturated rings. The molecule has 0 atom stereocenters. The third-order valence-corrected chi connectivity index (χ3v) is 3.22. The van der Waals surface area contributed by atoms with Gasteiger partial charge in [-0.05, 0) is 25.1 Å². The Hall–Kier alpha value is 0.0700. The van der Waals surface area contributed by atoms with E-state index in [2.05, 4.69) is 0 Å². The van der Waals surface area contributed by atoms with E-state index in [1.807, 2.05) is 16.7 Å². The normalized spacial score (nSPS) is 17.1. The molecule has 5 heteroatoms. The van der Waals surface area contributed by atoms with E-state index in [0.29, 0.717) is 13.0 Å². The lowest BCUT2D eigenvalue weighted by Crippen LogP contribution is -2.33. The second kappa shape index (κ2) is 8.38. The van der Waals surface area contributed by atoms with Crippen molar-refractivity contribution in [3.05, 3.63) is 0 Å². The highest BCUT2D eigenvalue weighted by atomic mass is 35.5. The number of hydrogen-bond donors (Lipinski definition) is 1. The van der Waals surface area contributed by atoms with Crippen LogP contribution in [0.5, 0.6) is 0 Å². The summed E-state index contributed by atoms with van der Waals surface area (Å²) in [5.74, 6) is 2.57. The zero-order valence-corrected chi connectivity index (χ0v) is 10.0. The number of carbonyl (C=O) groups excluding carboxylic acids is 1. The highest BCUT2D eigenvalue weighted by Gasteiger charge is 2.14. The summed E-state index contributed by atoms with van der Waals surface area (Å²) >= 11 is 1.94. The lowest BCUT2D eigenvalue weighted by atomic mass is 10.2. The molecule has 0 radical (unpaired) electrons. The van der Waals surface area contributed by atoms with Crippen LogP contribution in [0.1, 0.15) is 19.3 Å². The van der Waals surface area contributed by atoms with E-state index < -0.39 is 0 Å². The van der Waals surface area contributed by atoms with Gasteiger partial charge in [0.15, 0.2) is 0 Å². The number of carbonyl (C=O) groups is 1. The maximum Gasteiger partial charge on any atom is 0.222 e. The standard InChI is InChI=1S/C9H18N2OS.ClH/c10-4-1-3-9(12)11-5-2-7-13-8-6-11;/h1-8,10H2;1H. The molecular weight excluding hydrogens is 220 g/mol. The molecule has 1 heterocycles. The minimum Gasteiger partial charge on any atom is -0.342 e. The molecular formula is C9H19ClN2OS. The van der Waals surface area contributed by atoms with Gasteiger partial charge in [-0.25, -0.2) is 0 Å². The van der Waals surface area contributed by atoms with E-state index in [0.717, 1.165) is 31.7 Å². The summed E-state index contributed by atoms with van der Waals surface area (Å²) in [5, 5.41) is 0. The van der Waals surface area contributed by atoms with Gasteiger partial charge in [-0.3, -0.25) is 4.79 Å². The van der Waals surface area contributed by atoms with Gasteiger partial charge in [0.25, 0.3) is 0 Å². The van der Waals surface area contributed by atoms with E-state index in [1.54, 1.807) is 0 Å². The van der Waals surface area contributed by atoms with Crippen molar-refractivity contribution in [3.8, 4) is 0 Å². The number of thioether (sulfide) groups is 1. The summed E-state index contributed by atoms with van der Waals surface area (Å²) in [5.41, 5.74) is 5.36. The quantitative estimate of drug-likeness (QED) is 0.802. The van der Waals surface area contributed by atoms with Crippen LogP contribution in [-0.4, -0.2) is 41.9 Å². The van der Waals surface area contributed by atoms with Crippen molar-refractivity contribution in [3.63, 3.8) is 0 Å². The van der Waals surface area contributed by atoms with Gasteiger partial charge < -0.3 is 10.6 Å². The third-order valence-electron chi connectivity index (χ3n) is 2.17. The van der Waals surface area contributed by atoms with Gasteiger partial charge in [-0.2, -0.15) is 11.8 Å². The van der Waals surface area contributed by atoms with Gasteiger partial charge in [0.2, 0.25) is 5.91 Å². The molecule has 0 aromatic rings. The molecule has 0 aromatic carbocycles. The minimum absolute atomic E-state index is 0. The van der Waals surface area contributed by atoms with Crippen molar-refractivity contribution in [1.82, 2.24) is 4.90 Å². The zero-order valence-electron chi connectivity index (χ0n) is 8.41. The number of nitrogens with zero attached hydrogens (tertiary/aromatic N) is 1. The van der Waals surface area contributed by atoms with Crippen LogP contribution < -0.4 is 5.73 Å². The van der Waals surface area contributed by atoms with Gasteiger partial charge in [0, 0.05) is 25.3 Å². The monoisotopic (exact) mass is 238 g/mol. The van der Waals surface area contributed by atoms with E-state index in [-0.39, 0.29) is 18.3 Å². The molecule has 2 N–H and O–H groups in total. The second-order valence-electron chi connectivity index (χ2n) is 3.24. The molecule has 0 aliphatic carbocycles. The molecule has 1 rings (SSSR count). The Bertz CT molecular complexity index is 161. The summed E-state index contributed by atoms with van der Waals surface area (Å²) in [4.78, 5) is 13.6. The summed E-state index contributed by atoms with van der Waals surface area (Å²) in [7, 11) is 0. The molecule has 1 aliphatic rings.